The number of carbonyl (C=O) groups is 6. The molecule has 3 aromatic carbocycles. The number of esters is 3. The van der Waals surface area contributed by atoms with Crippen molar-refractivity contribution in [2.75, 3.05) is 38.8 Å². The Labute approximate surface area is 747 Å². The third kappa shape index (κ3) is 25.6. The Bertz CT molecular complexity index is 5130. The van der Waals surface area contributed by atoms with E-state index in [1.165, 1.54) is 96.6 Å². The fourth-order valence-corrected chi connectivity index (χ4v) is 18.2. The Hall–Kier alpha value is -11.4. The molecule has 45 heteroatoms. The molecule has 130 heavy (non-hydrogen) atoms. The largest absolute Gasteiger partial charge is 0.463 e. The Balaban J connectivity index is 0.000000219. The Morgan fingerprint density at radius 2 is 0.769 bits per heavy atom. The molecule has 0 aliphatic carbocycles. The van der Waals surface area contributed by atoms with Crippen molar-refractivity contribution in [2.24, 2.45) is 11.8 Å². The van der Waals surface area contributed by atoms with Crippen LogP contribution in [0.5, 0.6) is 17.2 Å². The number of carbonyl (C=O) groups excluding carboxylic acids is 6. The fraction of sp³-hybridized carbons (Fsp3) is 0.435. The molecule has 14 N–H and O–H groups in total. The summed E-state index contributed by atoms with van der Waals surface area (Å²) in [5.74, 6) is 4.95. The summed E-state index contributed by atoms with van der Waals surface area (Å²) in [6, 6.07) is 24.2. The van der Waals surface area contributed by atoms with Crippen molar-refractivity contribution in [3.05, 3.63) is 198 Å². The molecule has 7 aliphatic rings. The second-order valence-electron chi connectivity index (χ2n) is 30.8. The predicted octanol–water partition coefficient (Wildman–Crippen LogP) is 1.60. The molecule has 8 heterocycles. The Morgan fingerprint density at radius 3 is 1.08 bits per heavy atom. The summed E-state index contributed by atoms with van der Waals surface area (Å²) in [6.45, 7) is 22.8. The van der Waals surface area contributed by atoms with E-state index in [9.17, 15) is 98.0 Å². The summed E-state index contributed by atoms with van der Waals surface area (Å²) in [5.41, 5.74) is -9.26. The summed E-state index contributed by atoms with van der Waals surface area (Å²) in [6.07, 6.45) is 11.1. The van der Waals surface area contributed by atoms with E-state index in [0.29, 0.717) is 0 Å². The summed E-state index contributed by atoms with van der Waals surface area (Å²) < 4.78 is 114. The van der Waals surface area contributed by atoms with Gasteiger partial charge in [0.2, 0.25) is 0 Å². The molecular formula is C85H104N9O33P3. The maximum absolute atomic E-state index is 13.9. The number of H-pyrrole nitrogens is 1. The SMILES string of the molecule is C#C[C@]1(CO)O[C@@H](N2C=CC(=O)NC2=C)[C@H](O)[C@@H]1O.C#C[C@]1(COP(=O)(N[C@@H](C)C(=O)OC(C)C)Oc2ccccc2)O[C@@H](N2C=CC(=O)NC2=C)[C@H](O)[C@@H]1O.C#C[C@]1(CO[P@@](=O)(C[C@@H](C)C(=O)OC(C)C)Oc2ccccc2)O[C@@H](n2ccc(=O)[nH]c2=O)[C@H](O)[C@@H]1O.C#C[C@]1(CO[P@](=O)(C[C@@H](C)C(=O)OC(C)C)Oc2ccccc2)O[C@@H](N2C=CC(=O)NC2=C)[C@H](O)[C@@H]1O. The van der Waals surface area contributed by atoms with Crippen LogP contribution in [0.2, 0.25) is 0 Å². The van der Waals surface area contributed by atoms with Crippen molar-refractivity contribution < 1.29 is 149 Å². The number of terminal acetylenes is 4. The Morgan fingerprint density at radius 1 is 0.462 bits per heavy atom. The van der Waals surface area contributed by atoms with E-state index in [0.717, 1.165) is 16.8 Å². The number of aliphatic hydroxyl groups excluding tert-OH is 9. The van der Waals surface area contributed by atoms with Crippen LogP contribution in [0, 0.1) is 61.2 Å². The number of aromatic amines is 1. The molecule has 4 fully saturated rings. The van der Waals surface area contributed by atoms with Gasteiger partial charge in [-0.15, -0.1) is 25.7 Å². The van der Waals surface area contributed by atoms with Crippen LogP contribution in [0.15, 0.2) is 187 Å². The second-order valence-corrected chi connectivity index (χ2v) is 36.5. The number of hydrogen-bond acceptors (Lipinski definition) is 36. The standard InChI is InChI=1S/C25H31N2O9P.C24H30N3O9P.C24H29N2O10P.C12H14N2O5/c1-6-25(22(30)21(29)23(35-25)27-13-12-20(28)26-18(27)5)15-33-37(32,36-19-10-8-7-9-11-19)14-17(4)24(31)34-16(2)3;1-6-24(21(30)20(29)22(35-24)27-13-12-19(28)25-17(27)5)14-33-37(32,36-18-10-8-7-9-11-18)26-16(4)23(31)34-15(2)3;1-5-24(20(29)19(28)21(35-24)26-12-11-18(27)25-23(26)31)14-33-37(32,36-17-9-7-6-8-10-17)13-16(4)22(30)34-15(2)3;1-3-12(6-15)10(18)9(17)11(19-12)14-5-4-8(16)13-7(14)2/h1,7-13,16-17,21-23,29-30H,5,14-15H2,2-4H3,(H,26,28);1,7-13,15-16,20-22,29-30H,5,14H2,2-4H3,(H,25,28)(H,26,32);1,6-12,15-16,19-21,28-29H,13-14H2,2-4H3,(H,25,27,31);1,4-5,9-11,15,17-18H,2,6H2,(H,13,16)/t17-,21-,22+,23-,25-,37-;16-,20+,21-,22+,24+,37?;16-,19-,20+,21-,24-,37+;9-,10+,11-,12-/m1011/s1. The molecule has 0 bridgehead atoms. The van der Waals surface area contributed by atoms with E-state index in [2.05, 4.69) is 64.5 Å². The van der Waals surface area contributed by atoms with Gasteiger partial charge in [-0.05, 0) is 84.9 Å². The zero-order valence-corrected chi connectivity index (χ0v) is 74.5. The Kier molecular flexibility index (Phi) is 35.6. The van der Waals surface area contributed by atoms with Crippen LogP contribution in [0.25, 0.3) is 0 Å². The minimum absolute atomic E-state index is 0.0785. The molecule has 702 valence electrons. The first-order chi connectivity index (χ1) is 61.1. The highest BCUT2D eigenvalue weighted by Crippen LogP contribution is 2.54. The zero-order chi connectivity index (χ0) is 96.3. The fourth-order valence-electron chi connectivity index (χ4n) is 12.9. The molecule has 1 aromatic heterocycles. The van der Waals surface area contributed by atoms with Gasteiger partial charge in [-0.2, -0.15) is 5.09 Å². The first-order valence-electron chi connectivity index (χ1n) is 39.9. The van der Waals surface area contributed by atoms with Gasteiger partial charge in [0.25, 0.3) is 23.3 Å². The number of nitrogens with zero attached hydrogens (tertiary/aromatic N) is 4. The lowest BCUT2D eigenvalue weighted by Gasteiger charge is -2.33. The lowest BCUT2D eigenvalue weighted by molar-refractivity contribution is -0.152. The molecule has 7 aliphatic heterocycles. The monoisotopic (exact) mass is 1870 g/mol. The van der Waals surface area contributed by atoms with Crippen LogP contribution in [-0.4, -0.2) is 259 Å². The van der Waals surface area contributed by atoms with Crippen LogP contribution in [0.4, 0.5) is 0 Å². The topological polar surface area (TPSA) is 568 Å². The number of rotatable bonds is 32. The molecule has 0 saturated carbocycles. The van der Waals surface area contributed by atoms with Gasteiger partial charge in [-0.1, -0.05) is 112 Å². The van der Waals surface area contributed by atoms with Crippen molar-refractivity contribution in [1.29, 1.82) is 0 Å². The van der Waals surface area contributed by atoms with Gasteiger partial charge in [-0.3, -0.25) is 56.7 Å². The van der Waals surface area contributed by atoms with E-state index in [1.807, 2.05) is 4.98 Å². The van der Waals surface area contributed by atoms with Crippen molar-refractivity contribution in [3.63, 3.8) is 0 Å². The van der Waals surface area contributed by atoms with E-state index in [4.69, 9.17) is 86.0 Å². The zero-order valence-electron chi connectivity index (χ0n) is 71.8. The third-order valence-electron chi connectivity index (χ3n) is 19.7. The number of para-hydroxylation sites is 3. The molecule has 42 nitrogen and oxygen atoms in total. The van der Waals surface area contributed by atoms with Crippen molar-refractivity contribution in [1.82, 2.24) is 45.3 Å². The highest BCUT2D eigenvalue weighted by atomic mass is 31.2. The number of aliphatic hydroxyl groups is 9. The molecule has 0 radical (unpaired) electrons. The first-order valence-corrected chi connectivity index (χ1v) is 44.9. The molecule has 0 spiro atoms. The summed E-state index contributed by atoms with van der Waals surface area (Å²) in [5, 5.41) is 103. The third-order valence-corrected chi connectivity index (χ3v) is 25.3. The van der Waals surface area contributed by atoms with E-state index in [-0.39, 0.29) is 52.9 Å². The lowest BCUT2D eigenvalue weighted by Crippen LogP contribution is -2.47. The minimum atomic E-state index is -4.34. The number of ether oxygens (including phenoxy) is 7. The minimum Gasteiger partial charge on any atom is -0.463 e. The molecule has 4 aromatic rings. The van der Waals surface area contributed by atoms with E-state index in [1.54, 1.807) is 108 Å². The number of benzene rings is 3. The van der Waals surface area contributed by atoms with Crippen LogP contribution in [-0.2, 0) is 89.2 Å². The molecule has 22 atom stereocenters. The summed E-state index contributed by atoms with van der Waals surface area (Å²) in [7, 11) is -12.6. The van der Waals surface area contributed by atoms with Crippen molar-refractivity contribution in [2.45, 2.75) is 183 Å². The van der Waals surface area contributed by atoms with Gasteiger partial charge in [-0.25, -0.2) is 18.5 Å². The number of aromatic nitrogens is 2. The summed E-state index contributed by atoms with van der Waals surface area (Å²) >= 11 is 0. The number of hydrogen-bond donors (Lipinski definition) is 14. The van der Waals surface area contributed by atoms with Crippen LogP contribution in [0.3, 0.4) is 0 Å². The summed E-state index contributed by atoms with van der Waals surface area (Å²) in [4.78, 5) is 101. The lowest BCUT2D eigenvalue weighted by atomic mass is 9.97. The van der Waals surface area contributed by atoms with Gasteiger partial charge in [0.05, 0.1) is 49.1 Å². The number of nitrogens with one attached hydrogen (secondary N) is 5. The molecular weight excluding hydrogens is 1770 g/mol. The maximum Gasteiger partial charge on any atom is 0.459 e. The van der Waals surface area contributed by atoms with Crippen molar-refractivity contribution in [3.8, 4) is 66.6 Å². The predicted molar refractivity (Wildman–Crippen MR) is 458 cm³/mol. The smallest absolute Gasteiger partial charge is 0.459 e. The van der Waals surface area contributed by atoms with Gasteiger partial charge < -0.3 is 123 Å². The number of amides is 3. The van der Waals surface area contributed by atoms with Gasteiger partial charge in [0.1, 0.15) is 109 Å². The highest BCUT2D eigenvalue weighted by molar-refractivity contribution is 7.54. The normalized spacial score (nSPS) is 28.7. The van der Waals surface area contributed by atoms with Gasteiger partial charge >= 0.3 is 46.5 Å². The van der Waals surface area contributed by atoms with Crippen LogP contribution < -0.4 is 45.9 Å². The van der Waals surface area contributed by atoms with Crippen LogP contribution >= 0.6 is 22.9 Å². The van der Waals surface area contributed by atoms with Crippen molar-refractivity contribution >= 4 is 58.6 Å². The van der Waals surface area contributed by atoms with Crippen LogP contribution in [0.1, 0.15) is 68.5 Å². The first kappa shape index (κ1) is 104. The second kappa shape index (κ2) is 44.5. The molecule has 3 amide bonds. The maximum atomic E-state index is 13.9. The quantitative estimate of drug-likeness (QED) is 0.0143. The molecule has 4 saturated heterocycles. The van der Waals surface area contributed by atoms with E-state index < -0.39 is 223 Å². The van der Waals surface area contributed by atoms with E-state index >= 15 is 0 Å². The molecule has 1 unspecified atom stereocenters. The average Bonchev–Trinajstić information content (AvgIpc) is 1.63. The van der Waals surface area contributed by atoms with Gasteiger partial charge in [0.15, 0.2) is 47.3 Å². The average molecular weight is 1870 g/mol. The molecule has 11 rings (SSSR count). The van der Waals surface area contributed by atoms with Gasteiger partial charge in [0, 0.05) is 49.1 Å². The highest BCUT2D eigenvalue weighted by Gasteiger charge is 2.61.